The monoisotopic (exact) mass is 349 g/mol. The van der Waals surface area contributed by atoms with Crippen molar-refractivity contribution in [1.29, 1.82) is 0 Å². The van der Waals surface area contributed by atoms with Crippen molar-refractivity contribution in [3.05, 3.63) is 70.0 Å². The van der Waals surface area contributed by atoms with Crippen LogP contribution in [0.3, 0.4) is 0 Å². The van der Waals surface area contributed by atoms with Crippen LogP contribution in [0.5, 0.6) is 0 Å². The molecule has 2 rings (SSSR count). The number of carboxylic acids is 1. The van der Waals surface area contributed by atoms with Crippen molar-refractivity contribution in [2.24, 2.45) is 0 Å². The summed E-state index contributed by atoms with van der Waals surface area (Å²) in [5, 5.41) is 9.41. The van der Waals surface area contributed by atoms with E-state index in [4.69, 9.17) is 16.7 Å². The first-order valence-electron chi connectivity index (χ1n) is 7.38. The standard InChI is InChI=1S/C18H17ClFNO3/c1-21(11-14-15(19)7-4-8-16(14)20)17(22)10-9-12-5-2-3-6-13(12)18(23)24/h2-8H,9-11H2,1H3,(H,23,24). The van der Waals surface area contributed by atoms with Crippen LogP contribution in [0.1, 0.15) is 27.9 Å². The van der Waals surface area contributed by atoms with Crippen LogP contribution in [0.25, 0.3) is 0 Å². The first kappa shape index (κ1) is 17.9. The largest absolute Gasteiger partial charge is 0.478 e. The van der Waals surface area contributed by atoms with E-state index in [2.05, 4.69) is 0 Å². The summed E-state index contributed by atoms with van der Waals surface area (Å²) in [6.07, 6.45) is 0.434. The molecule has 2 aromatic rings. The summed E-state index contributed by atoms with van der Waals surface area (Å²) < 4.78 is 13.8. The Morgan fingerprint density at radius 3 is 2.54 bits per heavy atom. The van der Waals surface area contributed by atoms with Crippen LogP contribution in [0.15, 0.2) is 42.5 Å². The average Bonchev–Trinajstić information content (AvgIpc) is 2.56. The van der Waals surface area contributed by atoms with Crippen LogP contribution in [0.4, 0.5) is 4.39 Å². The summed E-state index contributed by atoms with van der Waals surface area (Å²) in [4.78, 5) is 24.8. The second-order valence-corrected chi connectivity index (χ2v) is 5.82. The molecule has 1 N–H and O–H groups in total. The van der Waals surface area contributed by atoms with E-state index in [0.717, 1.165) is 0 Å². The van der Waals surface area contributed by atoms with Gasteiger partial charge in [-0.3, -0.25) is 4.79 Å². The van der Waals surface area contributed by atoms with Crippen molar-refractivity contribution in [2.75, 3.05) is 7.05 Å². The number of halogens is 2. The minimum absolute atomic E-state index is 0.0604. The molecule has 0 unspecified atom stereocenters. The summed E-state index contributed by atoms with van der Waals surface area (Å²) in [6, 6.07) is 10.9. The SMILES string of the molecule is CN(Cc1c(F)cccc1Cl)C(=O)CCc1ccccc1C(=O)O. The van der Waals surface area contributed by atoms with E-state index < -0.39 is 11.8 Å². The Morgan fingerprint density at radius 2 is 1.88 bits per heavy atom. The molecule has 0 bridgehead atoms. The van der Waals surface area contributed by atoms with E-state index in [1.54, 1.807) is 31.3 Å². The third-order valence-electron chi connectivity index (χ3n) is 3.74. The van der Waals surface area contributed by atoms with Crippen LogP contribution >= 0.6 is 11.6 Å². The third kappa shape index (κ3) is 4.32. The molecular weight excluding hydrogens is 333 g/mol. The zero-order chi connectivity index (χ0) is 17.7. The normalized spacial score (nSPS) is 10.5. The lowest BCUT2D eigenvalue weighted by atomic mass is 10.0. The molecule has 24 heavy (non-hydrogen) atoms. The Hall–Kier alpha value is -2.40. The van der Waals surface area contributed by atoms with E-state index in [9.17, 15) is 14.0 Å². The van der Waals surface area contributed by atoms with Gasteiger partial charge in [0.15, 0.2) is 0 Å². The lowest BCUT2D eigenvalue weighted by Gasteiger charge is -2.18. The van der Waals surface area contributed by atoms with E-state index >= 15 is 0 Å². The first-order valence-corrected chi connectivity index (χ1v) is 7.76. The Labute approximate surface area is 144 Å². The topological polar surface area (TPSA) is 57.6 Å². The summed E-state index contributed by atoms with van der Waals surface area (Å²) in [7, 11) is 1.56. The molecule has 6 heteroatoms. The fourth-order valence-electron chi connectivity index (χ4n) is 2.39. The highest BCUT2D eigenvalue weighted by molar-refractivity contribution is 6.31. The second-order valence-electron chi connectivity index (χ2n) is 5.41. The van der Waals surface area contributed by atoms with Gasteiger partial charge in [0.1, 0.15) is 5.82 Å². The van der Waals surface area contributed by atoms with Gasteiger partial charge in [0.25, 0.3) is 0 Å². The highest BCUT2D eigenvalue weighted by Gasteiger charge is 2.16. The van der Waals surface area contributed by atoms with E-state index in [1.165, 1.54) is 23.1 Å². The highest BCUT2D eigenvalue weighted by Crippen LogP contribution is 2.21. The predicted molar refractivity (Wildman–Crippen MR) is 89.6 cm³/mol. The number of hydrogen-bond donors (Lipinski definition) is 1. The molecule has 0 aromatic heterocycles. The van der Waals surface area contributed by atoms with Gasteiger partial charge in [-0.25, -0.2) is 9.18 Å². The predicted octanol–water partition coefficient (Wildman–Crippen LogP) is 3.77. The maximum absolute atomic E-state index is 13.8. The van der Waals surface area contributed by atoms with Crippen LogP contribution in [-0.2, 0) is 17.8 Å². The van der Waals surface area contributed by atoms with Crippen molar-refractivity contribution in [3.63, 3.8) is 0 Å². The molecule has 0 fully saturated rings. The lowest BCUT2D eigenvalue weighted by Crippen LogP contribution is -2.27. The number of aryl methyl sites for hydroxylation is 1. The molecule has 0 atom stereocenters. The number of amides is 1. The number of carbonyl (C=O) groups is 2. The second kappa shape index (κ2) is 7.93. The zero-order valence-corrected chi connectivity index (χ0v) is 13.9. The van der Waals surface area contributed by atoms with Gasteiger partial charge < -0.3 is 10.0 Å². The van der Waals surface area contributed by atoms with Gasteiger partial charge in [-0.2, -0.15) is 0 Å². The Kier molecular flexibility index (Phi) is 5.93. The fraction of sp³-hybridized carbons (Fsp3) is 0.222. The van der Waals surface area contributed by atoms with Gasteiger partial charge in [-0.05, 0) is 30.2 Å². The minimum Gasteiger partial charge on any atom is -0.478 e. The molecule has 4 nitrogen and oxygen atoms in total. The van der Waals surface area contributed by atoms with Crippen LogP contribution in [-0.4, -0.2) is 28.9 Å². The summed E-state index contributed by atoms with van der Waals surface area (Å²) in [5.74, 6) is -1.70. The van der Waals surface area contributed by atoms with Crippen molar-refractivity contribution in [2.45, 2.75) is 19.4 Å². The number of carboxylic acid groups (broad SMARTS) is 1. The van der Waals surface area contributed by atoms with Crippen LogP contribution in [0.2, 0.25) is 5.02 Å². The number of nitrogens with zero attached hydrogens (tertiary/aromatic N) is 1. The molecule has 0 aliphatic heterocycles. The quantitative estimate of drug-likeness (QED) is 0.863. The molecule has 0 aliphatic rings. The molecule has 2 aromatic carbocycles. The molecular formula is C18H17ClFNO3. The zero-order valence-electron chi connectivity index (χ0n) is 13.1. The first-order chi connectivity index (χ1) is 11.4. The molecule has 0 heterocycles. The van der Waals surface area contributed by atoms with Gasteiger partial charge in [-0.15, -0.1) is 0 Å². The Balaban J connectivity index is 2.01. The molecule has 0 aliphatic carbocycles. The van der Waals surface area contributed by atoms with Crippen molar-refractivity contribution >= 4 is 23.5 Å². The molecule has 0 saturated carbocycles. The molecule has 0 spiro atoms. The van der Waals surface area contributed by atoms with Crippen LogP contribution in [0, 0.1) is 5.82 Å². The van der Waals surface area contributed by atoms with Crippen molar-refractivity contribution < 1.29 is 19.1 Å². The summed E-state index contributed by atoms with van der Waals surface area (Å²) >= 11 is 5.96. The summed E-state index contributed by atoms with van der Waals surface area (Å²) in [6.45, 7) is 0.0604. The minimum atomic E-state index is -1.02. The molecule has 1 amide bonds. The van der Waals surface area contributed by atoms with Crippen molar-refractivity contribution in [3.8, 4) is 0 Å². The van der Waals surface area contributed by atoms with Gasteiger partial charge in [0, 0.05) is 30.6 Å². The number of carbonyl (C=O) groups excluding carboxylic acids is 1. The van der Waals surface area contributed by atoms with Crippen molar-refractivity contribution in [1.82, 2.24) is 4.90 Å². The summed E-state index contributed by atoms with van der Waals surface area (Å²) in [5.41, 5.74) is 1.04. The Bertz CT molecular complexity index is 743. The van der Waals surface area contributed by atoms with Gasteiger partial charge in [0.2, 0.25) is 5.91 Å². The van der Waals surface area contributed by atoms with Crippen LogP contribution < -0.4 is 0 Å². The van der Waals surface area contributed by atoms with E-state index in [1.807, 2.05) is 0 Å². The van der Waals surface area contributed by atoms with Gasteiger partial charge in [-0.1, -0.05) is 35.9 Å². The number of hydrogen-bond acceptors (Lipinski definition) is 2. The van der Waals surface area contributed by atoms with Gasteiger partial charge >= 0.3 is 5.97 Å². The Morgan fingerprint density at radius 1 is 1.17 bits per heavy atom. The maximum atomic E-state index is 13.8. The molecule has 0 radical (unpaired) electrons. The smallest absolute Gasteiger partial charge is 0.335 e. The van der Waals surface area contributed by atoms with E-state index in [0.29, 0.717) is 12.0 Å². The fourth-order valence-corrected chi connectivity index (χ4v) is 2.61. The molecule has 126 valence electrons. The average molecular weight is 350 g/mol. The maximum Gasteiger partial charge on any atom is 0.335 e. The van der Waals surface area contributed by atoms with Gasteiger partial charge in [0.05, 0.1) is 5.56 Å². The lowest BCUT2D eigenvalue weighted by molar-refractivity contribution is -0.130. The highest BCUT2D eigenvalue weighted by atomic mass is 35.5. The number of aromatic carboxylic acids is 1. The number of benzene rings is 2. The van der Waals surface area contributed by atoms with E-state index in [-0.39, 0.29) is 35.0 Å². The molecule has 0 saturated heterocycles. The number of rotatable bonds is 6. The third-order valence-corrected chi connectivity index (χ3v) is 4.09.